The van der Waals surface area contributed by atoms with Crippen LogP contribution in [0, 0.1) is 13.8 Å². The summed E-state index contributed by atoms with van der Waals surface area (Å²) in [6, 6.07) is 8.08. The molecule has 1 heteroatoms. The van der Waals surface area contributed by atoms with Gasteiger partial charge in [0.05, 0.1) is 0 Å². The van der Waals surface area contributed by atoms with Crippen LogP contribution in [0.15, 0.2) is 24.3 Å². The van der Waals surface area contributed by atoms with E-state index < -0.39 is 0 Å². The van der Waals surface area contributed by atoms with Gasteiger partial charge in [-0.1, -0.05) is 13.0 Å². The van der Waals surface area contributed by atoms with Gasteiger partial charge in [0.15, 0.2) is 0 Å². The van der Waals surface area contributed by atoms with Gasteiger partial charge in [-0.05, 0) is 0 Å². The van der Waals surface area contributed by atoms with Gasteiger partial charge in [-0.3, -0.25) is 0 Å². The van der Waals surface area contributed by atoms with Crippen LogP contribution in [-0.2, 0) is 18.6 Å². The number of hydrogen-bond acceptors (Lipinski definition) is 0. The van der Waals surface area contributed by atoms with Crippen LogP contribution in [0.25, 0.3) is 0 Å². The van der Waals surface area contributed by atoms with E-state index in [9.17, 15) is 0 Å². The largest absolute Gasteiger partial charge is 0.198 e. The normalized spacial score (nSPS) is 8.11. The van der Waals surface area contributed by atoms with Crippen molar-refractivity contribution in [3.63, 3.8) is 0 Å². The summed E-state index contributed by atoms with van der Waals surface area (Å²) in [4.78, 5) is 0. The van der Waals surface area contributed by atoms with Crippen molar-refractivity contribution in [2.24, 2.45) is 0 Å². The quantitative estimate of drug-likeness (QED) is 0.505. The Balaban J connectivity index is 0.000000640. The fourth-order valence-corrected chi connectivity index (χ4v) is 0.610. The molecule has 0 bridgehead atoms. The van der Waals surface area contributed by atoms with E-state index in [1.165, 1.54) is 5.56 Å². The Morgan fingerprint density at radius 3 is 2.11 bits per heavy atom. The molecule has 0 heterocycles. The Morgan fingerprint density at radius 1 is 1.22 bits per heavy atom. The van der Waals surface area contributed by atoms with Gasteiger partial charge in [0.2, 0.25) is 0 Å². The zero-order chi connectivity index (χ0) is 5.98. The molecule has 47 valence electrons. The maximum atomic E-state index is 3.82. The van der Waals surface area contributed by atoms with Crippen molar-refractivity contribution in [3.05, 3.63) is 42.3 Å². The predicted molar refractivity (Wildman–Crippen MR) is 35.6 cm³/mol. The van der Waals surface area contributed by atoms with Gasteiger partial charge < -0.3 is 0 Å². The molecule has 0 N–H and O–H groups in total. The summed E-state index contributed by atoms with van der Waals surface area (Å²) >= 11 is 0. The molecule has 0 saturated heterocycles. The molecular formula is C8H9V-. The van der Waals surface area contributed by atoms with E-state index in [1.807, 2.05) is 18.2 Å². The molecule has 0 spiro atoms. The molecule has 0 unspecified atom stereocenters. The fourth-order valence-electron chi connectivity index (χ4n) is 0.610. The number of hydrogen-bond donors (Lipinski definition) is 0. The van der Waals surface area contributed by atoms with Crippen LogP contribution in [0.4, 0.5) is 0 Å². The second kappa shape index (κ2) is 3.65. The summed E-state index contributed by atoms with van der Waals surface area (Å²) in [5, 5.41) is 0. The summed E-state index contributed by atoms with van der Waals surface area (Å²) in [6.45, 7) is 5.88. The number of aryl methyl sites for hydroxylation is 1. The smallest absolute Gasteiger partial charge is 0 e. The van der Waals surface area contributed by atoms with Crippen molar-refractivity contribution in [3.8, 4) is 0 Å². The van der Waals surface area contributed by atoms with E-state index in [0.717, 1.165) is 5.56 Å². The SMILES string of the molecule is [CH2-]c1ccccc1C.[V]. The molecule has 1 rings (SSSR count). The van der Waals surface area contributed by atoms with Gasteiger partial charge in [-0.2, -0.15) is 24.1 Å². The van der Waals surface area contributed by atoms with Crippen LogP contribution in [0.3, 0.4) is 0 Å². The van der Waals surface area contributed by atoms with Crippen molar-refractivity contribution in [2.75, 3.05) is 0 Å². The maximum absolute atomic E-state index is 3.82. The van der Waals surface area contributed by atoms with Gasteiger partial charge in [0.25, 0.3) is 0 Å². The van der Waals surface area contributed by atoms with Crippen molar-refractivity contribution in [2.45, 2.75) is 6.92 Å². The van der Waals surface area contributed by atoms with E-state index in [0.29, 0.717) is 0 Å². The molecular weight excluding hydrogens is 147 g/mol. The Morgan fingerprint density at radius 2 is 1.78 bits per heavy atom. The van der Waals surface area contributed by atoms with Crippen molar-refractivity contribution >= 4 is 0 Å². The molecule has 0 aromatic heterocycles. The van der Waals surface area contributed by atoms with Gasteiger partial charge in [0, 0.05) is 18.6 Å². The summed E-state index contributed by atoms with van der Waals surface area (Å²) in [5.41, 5.74) is 2.38. The molecule has 0 fully saturated rings. The van der Waals surface area contributed by atoms with Crippen LogP contribution < -0.4 is 0 Å². The first-order valence-corrected chi connectivity index (χ1v) is 2.68. The molecule has 1 aromatic carbocycles. The Bertz CT molecular complexity index is 161. The minimum Gasteiger partial charge on any atom is -0.198 e. The van der Waals surface area contributed by atoms with E-state index >= 15 is 0 Å². The van der Waals surface area contributed by atoms with Crippen molar-refractivity contribution in [1.82, 2.24) is 0 Å². The molecule has 0 saturated carbocycles. The van der Waals surface area contributed by atoms with E-state index in [2.05, 4.69) is 19.9 Å². The Hall–Kier alpha value is -0.326. The zero-order valence-corrected chi connectivity index (χ0v) is 6.86. The van der Waals surface area contributed by atoms with E-state index in [4.69, 9.17) is 0 Å². The first-order valence-electron chi connectivity index (χ1n) is 2.68. The zero-order valence-electron chi connectivity index (χ0n) is 5.46. The molecule has 1 radical (unpaired) electrons. The summed E-state index contributed by atoms with van der Waals surface area (Å²) in [5.74, 6) is 0. The third kappa shape index (κ3) is 2.17. The van der Waals surface area contributed by atoms with Crippen LogP contribution in [0.1, 0.15) is 11.1 Å². The monoisotopic (exact) mass is 156 g/mol. The second-order valence-corrected chi connectivity index (χ2v) is 1.93. The average Bonchev–Trinajstić information content (AvgIpc) is 1.77. The fraction of sp³-hybridized carbons (Fsp3) is 0.125. The molecule has 0 nitrogen and oxygen atoms in total. The summed E-state index contributed by atoms with van der Waals surface area (Å²) in [7, 11) is 0. The van der Waals surface area contributed by atoms with Crippen LogP contribution in [-0.4, -0.2) is 0 Å². The predicted octanol–water partition coefficient (Wildman–Crippen LogP) is 2.17. The molecule has 0 atom stereocenters. The standard InChI is InChI=1S/C8H9.V/c1-7-5-3-4-6-8(7)2;/h3-6H,1H2,2H3;/q-1;. The van der Waals surface area contributed by atoms with E-state index in [1.54, 1.807) is 0 Å². The summed E-state index contributed by atoms with van der Waals surface area (Å²) in [6.07, 6.45) is 0. The Kier molecular flexibility index (Phi) is 3.52. The third-order valence-corrected chi connectivity index (χ3v) is 1.26. The minimum atomic E-state index is 0. The van der Waals surface area contributed by atoms with Crippen molar-refractivity contribution < 1.29 is 18.6 Å². The molecule has 1 aromatic rings. The van der Waals surface area contributed by atoms with Crippen LogP contribution >= 0.6 is 0 Å². The molecule has 0 aliphatic rings. The second-order valence-electron chi connectivity index (χ2n) is 1.93. The average molecular weight is 156 g/mol. The van der Waals surface area contributed by atoms with Gasteiger partial charge in [-0.15, -0.1) is 12.1 Å². The Labute approximate surface area is 68.2 Å². The summed E-state index contributed by atoms with van der Waals surface area (Å²) < 4.78 is 0. The first kappa shape index (κ1) is 8.67. The van der Waals surface area contributed by atoms with Crippen LogP contribution in [0.5, 0.6) is 0 Å². The number of benzene rings is 1. The molecule has 0 amide bonds. The topological polar surface area (TPSA) is 0 Å². The third-order valence-electron chi connectivity index (χ3n) is 1.26. The van der Waals surface area contributed by atoms with Crippen LogP contribution in [0.2, 0.25) is 0 Å². The molecule has 9 heavy (non-hydrogen) atoms. The maximum Gasteiger partial charge on any atom is 0 e. The van der Waals surface area contributed by atoms with Gasteiger partial charge in [0.1, 0.15) is 0 Å². The molecule has 0 aliphatic heterocycles. The number of rotatable bonds is 0. The van der Waals surface area contributed by atoms with Gasteiger partial charge in [-0.25, -0.2) is 0 Å². The first-order chi connectivity index (χ1) is 3.80. The molecule has 0 aliphatic carbocycles. The van der Waals surface area contributed by atoms with Crippen molar-refractivity contribution in [1.29, 1.82) is 0 Å². The van der Waals surface area contributed by atoms with Gasteiger partial charge >= 0.3 is 0 Å². The minimum absolute atomic E-state index is 0. The van der Waals surface area contributed by atoms with E-state index in [-0.39, 0.29) is 18.6 Å².